The number of nitriles is 1. The summed E-state index contributed by atoms with van der Waals surface area (Å²) < 4.78 is 0. The molecule has 5 nitrogen and oxygen atoms in total. The molecule has 2 aliphatic rings. The molecule has 2 aliphatic heterocycles. The number of rotatable bonds is 2. The van der Waals surface area contributed by atoms with Crippen LogP contribution >= 0.6 is 11.3 Å². The molecule has 1 aromatic heterocycles. The highest BCUT2D eigenvalue weighted by Gasteiger charge is 2.42. The van der Waals surface area contributed by atoms with Gasteiger partial charge in [0.25, 0.3) is 0 Å². The number of aliphatic hydroxyl groups excluding tert-OH is 1. The summed E-state index contributed by atoms with van der Waals surface area (Å²) in [5.41, 5.74) is 6.69. The fourth-order valence-electron chi connectivity index (χ4n) is 3.46. The van der Waals surface area contributed by atoms with E-state index in [0.717, 1.165) is 30.7 Å². The normalized spacial score (nSPS) is 28.4. The first kappa shape index (κ1) is 13.4. The van der Waals surface area contributed by atoms with Gasteiger partial charge >= 0.3 is 0 Å². The summed E-state index contributed by atoms with van der Waals surface area (Å²) in [6.45, 7) is 1.47. The van der Waals surface area contributed by atoms with Crippen molar-refractivity contribution in [3.63, 3.8) is 0 Å². The van der Waals surface area contributed by atoms with Crippen LogP contribution in [-0.2, 0) is 0 Å². The van der Waals surface area contributed by atoms with Gasteiger partial charge in [-0.15, -0.1) is 11.3 Å². The molecule has 0 aromatic carbocycles. The van der Waals surface area contributed by atoms with Gasteiger partial charge in [-0.05, 0) is 25.7 Å². The van der Waals surface area contributed by atoms with Crippen LogP contribution in [0.15, 0.2) is 0 Å². The minimum absolute atomic E-state index is 0.0976. The number of thiophene rings is 1. The largest absolute Gasteiger partial charge is 0.396 e. The van der Waals surface area contributed by atoms with E-state index < -0.39 is 0 Å². The van der Waals surface area contributed by atoms with E-state index in [0.29, 0.717) is 16.1 Å². The lowest BCUT2D eigenvalue weighted by Gasteiger charge is -2.38. The summed E-state index contributed by atoms with van der Waals surface area (Å²) in [7, 11) is 0. The van der Waals surface area contributed by atoms with Crippen LogP contribution in [-0.4, -0.2) is 29.1 Å². The number of nitrogens with two attached hydrogens (primary N) is 1. The van der Waals surface area contributed by atoms with Crippen molar-refractivity contribution in [1.82, 2.24) is 0 Å². The maximum absolute atomic E-state index is 11.6. The molecule has 0 spiro atoms. The van der Waals surface area contributed by atoms with Crippen molar-refractivity contribution in [1.29, 1.82) is 5.26 Å². The molecule has 0 aliphatic carbocycles. The van der Waals surface area contributed by atoms with Crippen molar-refractivity contribution < 1.29 is 9.90 Å². The first-order valence-corrected chi connectivity index (χ1v) is 7.64. The first-order valence-electron chi connectivity index (χ1n) is 6.82. The highest BCUT2D eigenvalue weighted by Crippen LogP contribution is 2.46. The van der Waals surface area contributed by atoms with Gasteiger partial charge in [0.1, 0.15) is 16.6 Å². The highest BCUT2D eigenvalue weighted by molar-refractivity contribution is 7.19. The minimum Gasteiger partial charge on any atom is -0.396 e. The van der Waals surface area contributed by atoms with E-state index >= 15 is 0 Å². The van der Waals surface area contributed by atoms with Gasteiger partial charge in [0.05, 0.1) is 16.7 Å². The van der Waals surface area contributed by atoms with E-state index in [2.05, 4.69) is 11.0 Å². The van der Waals surface area contributed by atoms with Crippen LogP contribution in [0.1, 0.15) is 47.8 Å². The lowest BCUT2D eigenvalue weighted by atomic mass is 10.00. The van der Waals surface area contributed by atoms with Crippen LogP contribution in [0.4, 0.5) is 10.7 Å². The number of nitrogens with zero attached hydrogens (tertiary/aromatic N) is 2. The van der Waals surface area contributed by atoms with Crippen molar-refractivity contribution in [3.05, 3.63) is 10.4 Å². The lowest BCUT2D eigenvalue weighted by molar-refractivity contribution is 0.102. The maximum Gasteiger partial charge on any atom is 0.171 e. The second-order valence-corrected chi connectivity index (χ2v) is 6.61. The smallest absolute Gasteiger partial charge is 0.171 e. The van der Waals surface area contributed by atoms with E-state index in [-0.39, 0.29) is 24.0 Å². The third-order valence-electron chi connectivity index (χ3n) is 4.30. The highest BCUT2D eigenvalue weighted by atomic mass is 32.1. The van der Waals surface area contributed by atoms with Gasteiger partial charge < -0.3 is 15.7 Å². The number of Topliss-reactive ketones (excluding diaryl/α,β-unsaturated/α-hetero) is 1. The van der Waals surface area contributed by atoms with Crippen LogP contribution < -0.4 is 10.6 Å². The van der Waals surface area contributed by atoms with Crippen molar-refractivity contribution in [3.8, 4) is 6.07 Å². The third kappa shape index (κ3) is 1.89. The number of carbonyl (C=O) groups is 1. The SMILES string of the molecule is CC(=O)c1sc(N2C3CCC2CC(O)C3)c(C#N)c1N. The summed E-state index contributed by atoms with van der Waals surface area (Å²) in [5, 5.41) is 20.0. The van der Waals surface area contributed by atoms with Crippen molar-refractivity contribution >= 4 is 27.8 Å². The molecule has 2 atom stereocenters. The Morgan fingerprint density at radius 1 is 1.45 bits per heavy atom. The fourth-order valence-corrected chi connectivity index (χ4v) is 4.67. The van der Waals surface area contributed by atoms with Gasteiger partial charge in [0.15, 0.2) is 5.78 Å². The van der Waals surface area contributed by atoms with Crippen LogP contribution in [0.5, 0.6) is 0 Å². The van der Waals surface area contributed by atoms with Crippen LogP contribution in [0, 0.1) is 11.3 Å². The van der Waals surface area contributed by atoms with Crippen molar-refractivity contribution in [2.75, 3.05) is 10.6 Å². The molecule has 106 valence electrons. The van der Waals surface area contributed by atoms with Gasteiger partial charge in [-0.25, -0.2) is 0 Å². The average Bonchev–Trinajstić information content (AvgIpc) is 2.84. The Morgan fingerprint density at radius 3 is 2.55 bits per heavy atom. The predicted octanol–water partition coefficient (Wildman–Crippen LogP) is 1.90. The Kier molecular flexibility index (Phi) is 3.19. The minimum atomic E-state index is -0.251. The Hall–Kier alpha value is -1.58. The predicted molar refractivity (Wildman–Crippen MR) is 78.0 cm³/mol. The van der Waals surface area contributed by atoms with Gasteiger partial charge in [-0.2, -0.15) is 5.26 Å². The summed E-state index contributed by atoms with van der Waals surface area (Å²) in [4.78, 5) is 14.3. The molecule has 0 radical (unpaired) electrons. The molecule has 20 heavy (non-hydrogen) atoms. The molecular formula is C14H17N3O2S. The quantitative estimate of drug-likeness (QED) is 0.812. The number of anilines is 2. The van der Waals surface area contributed by atoms with E-state index in [4.69, 9.17) is 5.73 Å². The summed E-state index contributed by atoms with van der Waals surface area (Å²) >= 11 is 1.32. The zero-order chi connectivity index (χ0) is 14.4. The van der Waals surface area contributed by atoms with Crippen LogP contribution in [0.25, 0.3) is 0 Å². The monoisotopic (exact) mass is 291 g/mol. The number of nitrogen functional groups attached to an aromatic ring is 1. The molecule has 0 saturated carbocycles. The summed E-state index contributed by atoms with van der Waals surface area (Å²) in [6.07, 6.45) is 3.27. The Labute approximate surface area is 121 Å². The fraction of sp³-hybridized carbons (Fsp3) is 0.571. The molecule has 3 heterocycles. The van der Waals surface area contributed by atoms with Gasteiger partial charge in [-0.3, -0.25) is 4.79 Å². The van der Waals surface area contributed by atoms with Crippen molar-refractivity contribution in [2.45, 2.75) is 50.8 Å². The Morgan fingerprint density at radius 2 is 2.05 bits per heavy atom. The second kappa shape index (κ2) is 4.76. The lowest BCUT2D eigenvalue weighted by Crippen LogP contribution is -2.44. The third-order valence-corrected chi connectivity index (χ3v) is 5.62. The maximum atomic E-state index is 11.6. The topological polar surface area (TPSA) is 90.4 Å². The van der Waals surface area contributed by atoms with Crippen LogP contribution in [0.3, 0.4) is 0 Å². The van der Waals surface area contributed by atoms with Crippen LogP contribution in [0.2, 0.25) is 0 Å². The molecule has 3 rings (SSSR count). The van der Waals surface area contributed by atoms with Crippen molar-refractivity contribution in [2.24, 2.45) is 0 Å². The molecule has 0 amide bonds. The number of hydrogen-bond donors (Lipinski definition) is 2. The Bertz CT molecular complexity index is 590. The summed E-state index contributed by atoms with van der Waals surface area (Å²) in [5.74, 6) is -0.0976. The number of carbonyl (C=O) groups excluding carboxylic acids is 1. The molecule has 1 aromatic rings. The molecule has 3 N–H and O–H groups in total. The van der Waals surface area contributed by atoms with E-state index in [1.165, 1.54) is 18.3 Å². The molecule has 2 bridgehead atoms. The standard InChI is InChI=1S/C14H17N3O2S/c1-7(18)13-12(16)11(6-15)14(20-13)17-8-2-3-9(17)5-10(19)4-8/h8-10,19H,2-5,16H2,1H3. The Balaban J connectivity index is 2.05. The molecule has 6 heteroatoms. The van der Waals surface area contributed by atoms with E-state index in [1.54, 1.807) is 0 Å². The second-order valence-electron chi connectivity index (χ2n) is 5.61. The zero-order valence-electron chi connectivity index (χ0n) is 11.3. The first-order chi connectivity index (χ1) is 9.52. The summed E-state index contributed by atoms with van der Waals surface area (Å²) in [6, 6.07) is 2.66. The average molecular weight is 291 g/mol. The number of hydrogen-bond acceptors (Lipinski definition) is 6. The molecule has 2 unspecified atom stereocenters. The van der Waals surface area contributed by atoms with Gasteiger partial charge in [0, 0.05) is 19.0 Å². The molecule has 2 saturated heterocycles. The molecular weight excluding hydrogens is 274 g/mol. The number of aliphatic hydroxyl groups is 1. The van der Waals surface area contributed by atoms with Gasteiger partial charge in [0.2, 0.25) is 0 Å². The van der Waals surface area contributed by atoms with E-state index in [9.17, 15) is 15.2 Å². The molecule has 2 fully saturated rings. The number of fused-ring (bicyclic) bond motifs is 2. The zero-order valence-corrected chi connectivity index (χ0v) is 12.1. The van der Waals surface area contributed by atoms with E-state index in [1.807, 2.05) is 0 Å². The number of ketones is 1. The van der Waals surface area contributed by atoms with Gasteiger partial charge in [-0.1, -0.05) is 0 Å². The number of piperidine rings is 1.